The van der Waals surface area contributed by atoms with Gasteiger partial charge in [-0.25, -0.2) is 0 Å². The third-order valence-corrected chi connectivity index (χ3v) is 11.2. The van der Waals surface area contributed by atoms with Gasteiger partial charge in [-0.1, -0.05) is 38.5 Å². The van der Waals surface area contributed by atoms with Crippen LogP contribution < -0.4 is 10.6 Å². The molecular weight excluding hydrogens is 713 g/mol. The van der Waals surface area contributed by atoms with Gasteiger partial charge in [-0.3, -0.25) is 0 Å². The van der Waals surface area contributed by atoms with Gasteiger partial charge in [0.15, 0.2) is 0 Å². The number of alkyl halides is 12. The zero-order chi connectivity index (χ0) is 33.3. The zero-order valence-electron chi connectivity index (χ0n) is 26.6. The number of benzene rings is 2. The first-order valence-electron chi connectivity index (χ1n) is 14.2. The van der Waals surface area contributed by atoms with Crippen LogP contribution in [0.15, 0.2) is 36.4 Å². The van der Waals surface area contributed by atoms with Gasteiger partial charge in [0.1, 0.15) is 0 Å². The van der Waals surface area contributed by atoms with Gasteiger partial charge in [-0.2, -0.15) is 52.7 Å². The summed E-state index contributed by atoms with van der Waals surface area (Å²) in [5.74, 6) is -0.404. The SMILES string of the molecule is C1CCCC1.C[C@@H](C1CCCC1P(c1cc(C(F)(F)F)cc(C(F)(F)F)c1)c1cc(C(F)(F)F)cc(C(F)(F)F)c1)N(C)C.[CH3-].[CH3-].[Fe+2]. The normalized spacial score (nSPS) is 19.3. The smallest absolute Gasteiger partial charge is 0.358 e. The molecule has 2 aromatic carbocycles. The Hall–Kier alpha value is -1.49. The summed E-state index contributed by atoms with van der Waals surface area (Å²) in [6.45, 7) is 1.75. The summed E-state index contributed by atoms with van der Waals surface area (Å²) < 4.78 is 164. The van der Waals surface area contributed by atoms with Gasteiger partial charge in [-0.05, 0) is 100 Å². The maximum atomic E-state index is 13.7. The van der Waals surface area contributed by atoms with Crippen LogP contribution in [0.25, 0.3) is 0 Å². The fourth-order valence-corrected chi connectivity index (χ4v) is 9.21. The Bertz CT molecular complexity index is 1100. The Morgan fingerprint density at radius 1 is 0.553 bits per heavy atom. The molecule has 1 nitrogen and oxygen atoms in total. The first-order chi connectivity index (χ1) is 20.1. The van der Waals surface area contributed by atoms with Crippen molar-refractivity contribution in [1.82, 2.24) is 4.90 Å². The molecular formula is C32H40F12FeNP. The van der Waals surface area contributed by atoms with Crippen molar-refractivity contribution in [3.05, 3.63) is 73.5 Å². The van der Waals surface area contributed by atoms with Gasteiger partial charge in [0.25, 0.3) is 0 Å². The number of halogens is 12. The van der Waals surface area contributed by atoms with E-state index in [0.29, 0.717) is 37.1 Å². The molecule has 2 aliphatic rings. The quantitative estimate of drug-likeness (QED) is 0.127. The van der Waals surface area contributed by atoms with Crippen LogP contribution >= 0.6 is 7.92 Å². The molecule has 47 heavy (non-hydrogen) atoms. The number of hydrogen-bond acceptors (Lipinski definition) is 1. The van der Waals surface area contributed by atoms with Gasteiger partial charge in [0.2, 0.25) is 0 Å². The molecule has 0 amide bonds. The fourth-order valence-electron chi connectivity index (χ4n) is 5.81. The van der Waals surface area contributed by atoms with Gasteiger partial charge < -0.3 is 19.8 Å². The minimum atomic E-state index is -5.24. The van der Waals surface area contributed by atoms with E-state index in [0.717, 1.165) is 0 Å². The van der Waals surface area contributed by atoms with Crippen LogP contribution in [-0.4, -0.2) is 30.7 Å². The minimum absolute atomic E-state index is 0. The molecule has 2 saturated carbocycles. The molecule has 0 aliphatic heterocycles. The molecule has 0 saturated heterocycles. The largest absolute Gasteiger partial charge is 2.00 e. The standard InChI is InChI=1S/C25H24F12NP.C5H10.2CH3.Fe/c1-13(38(2)3)20-5-4-6-21(20)39(18-9-14(22(26,27)28)7-15(10-18)23(29,30)31)19-11-16(24(32,33)34)8-17(12-19)25(35,36)37;1-2-4-5-3-1;;;/h7-13,20-21H,4-6H2,1-3H3;1-5H2;2*1H3;/q;;2*-1;+2/t13-,20?,21?;;;;/m0..../s1. The predicted octanol–water partition coefficient (Wildman–Crippen LogP) is 11.2. The molecule has 0 radical (unpaired) electrons. The van der Waals surface area contributed by atoms with E-state index >= 15 is 0 Å². The number of rotatable bonds is 5. The van der Waals surface area contributed by atoms with E-state index in [1.54, 1.807) is 25.9 Å². The molecule has 2 aromatic rings. The van der Waals surface area contributed by atoms with Crippen molar-refractivity contribution in [2.75, 3.05) is 14.1 Å². The summed E-state index contributed by atoms with van der Waals surface area (Å²) in [6.07, 6.45) is -12.3. The Morgan fingerprint density at radius 2 is 0.851 bits per heavy atom. The molecule has 4 rings (SSSR count). The Balaban J connectivity index is 0.00000241. The van der Waals surface area contributed by atoms with E-state index in [1.807, 2.05) is 0 Å². The molecule has 2 unspecified atom stereocenters. The van der Waals surface area contributed by atoms with Gasteiger partial charge in [0, 0.05) is 6.04 Å². The molecule has 15 heteroatoms. The van der Waals surface area contributed by atoms with Gasteiger partial charge in [-0.15, -0.1) is 0 Å². The molecule has 0 heterocycles. The maximum Gasteiger partial charge on any atom is 2.00 e. The van der Waals surface area contributed by atoms with Crippen molar-refractivity contribution < 1.29 is 69.8 Å². The molecule has 2 fully saturated rings. The van der Waals surface area contributed by atoms with E-state index in [2.05, 4.69) is 0 Å². The van der Waals surface area contributed by atoms with Gasteiger partial charge in [0.05, 0.1) is 22.3 Å². The fraction of sp³-hybridized carbons (Fsp3) is 0.562. The van der Waals surface area contributed by atoms with E-state index in [9.17, 15) is 52.7 Å². The van der Waals surface area contributed by atoms with E-state index < -0.39 is 77.1 Å². The second-order valence-electron chi connectivity index (χ2n) is 11.5. The summed E-state index contributed by atoms with van der Waals surface area (Å²) >= 11 is 0. The third-order valence-electron chi connectivity index (χ3n) is 8.25. The van der Waals surface area contributed by atoms with E-state index in [4.69, 9.17) is 0 Å². The Morgan fingerprint density at radius 3 is 1.11 bits per heavy atom. The topological polar surface area (TPSA) is 3.24 Å². The summed E-state index contributed by atoms with van der Waals surface area (Å²) in [7, 11) is 0.833. The molecule has 0 aromatic heterocycles. The van der Waals surface area contributed by atoms with Crippen LogP contribution in [0, 0.1) is 20.8 Å². The monoisotopic (exact) mass is 753 g/mol. The van der Waals surface area contributed by atoms with Gasteiger partial charge >= 0.3 is 41.8 Å². The summed E-state index contributed by atoms with van der Waals surface area (Å²) in [5, 5.41) is -1.16. The second kappa shape index (κ2) is 17.4. The average Bonchev–Trinajstić information content (AvgIpc) is 3.62. The first kappa shape index (κ1) is 45.5. The Labute approximate surface area is 281 Å². The van der Waals surface area contributed by atoms with Crippen molar-refractivity contribution in [3.8, 4) is 0 Å². The minimum Gasteiger partial charge on any atom is -0.358 e. The van der Waals surface area contributed by atoms with Crippen LogP contribution in [-0.2, 0) is 41.8 Å². The van der Waals surface area contributed by atoms with Crippen molar-refractivity contribution >= 4 is 18.5 Å². The number of nitrogens with zero attached hydrogens (tertiary/aromatic N) is 1. The molecule has 0 spiro atoms. The van der Waals surface area contributed by atoms with Crippen LogP contribution in [0.1, 0.15) is 80.5 Å². The first-order valence-corrected chi connectivity index (χ1v) is 15.6. The van der Waals surface area contributed by atoms with Crippen molar-refractivity contribution in [2.45, 2.75) is 94.7 Å². The second-order valence-corrected chi connectivity index (χ2v) is 14.0. The average molecular weight is 753 g/mol. The maximum absolute atomic E-state index is 13.7. The van der Waals surface area contributed by atoms with E-state index in [-0.39, 0.29) is 56.5 Å². The van der Waals surface area contributed by atoms with Crippen LogP contribution in [0.2, 0.25) is 0 Å². The molecule has 0 bridgehead atoms. The predicted molar refractivity (Wildman–Crippen MR) is 159 cm³/mol. The van der Waals surface area contributed by atoms with Crippen LogP contribution in [0.3, 0.4) is 0 Å². The number of hydrogen-bond donors (Lipinski definition) is 0. The molecule has 270 valence electrons. The Kier molecular flexibility index (Phi) is 16.9. The molecule has 2 aliphatic carbocycles. The van der Waals surface area contributed by atoms with Crippen molar-refractivity contribution in [3.63, 3.8) is 0 Å². The zero-order valence-corrected chi connectivity index (χ0v) is 28.6. The van der Waals surface area contributed by atoms with Crippen molar-refractivity contribution in [2.24, 2.45) is 5.92 Å². The summed E-state index contributed by atoms with van der Waals surface area (Å²) in [5.41, 5.74) is -7.50. The summed E-state index contributed by atoms with van der Waals surface area (Å²) in [6, 6.07) is 1.16. The van der Waals surface area contributed by atoms with Crippen LogP contribution in [0.4, 0.5) is 52.7 Å². The van der Waals surface area contributed by atoms with Crippen molar-refractivity contribution in [1.29, 1.82) is 0 Å². The molecule has 0 N–H and O–H groups in total. The van der Waals surface area contributed by atoms with Crippen LogP contribution in [0.5, 0.6) is 0 Å². The third kappa shape index (κ3) is 12.1. The van der Waals surface area contributed by atoms with E-state index in [1.165, 1.54) is 32.1 Å². The molecule has 3 atom stereocenters. The summed E-state index contributed by atoms with van der Waals surface area (Å²) in [4.78, 5) is 1.75.